The number of benzene rings is 1. The SMILES string of the molecule is C[C@H](NCC1CCCN(C)C1)c1ccccc1. The van der Waals surface area contributed by atoms with Crippen molar-refractivity contribution in [2.24, 2.45) is 5.92 Å². The average molecular weight is 232 g/mol. The molecule has 1 aromatic carbocycles. The quantitative estimate of drug-likeness (QED) is 0.858. The standard InChI is InChI=1S/C15H24N2/c1-13(15-8-4-3-5-9-15)16-11-14-7-6-10-17(2)12-14/h3-5,8-9,13-14,16H,6-7,10-12H2,1-2H3/t13-,14?/m0/s1. The molecular weight excluding hydrogens is 208 g/mol. The van der Waals surface area contributed by atoms with Crippen molar-refractivity contribution in [1.29, 1.82) is 0 Å². The van der Waals surface area contributed by atoms with Crippen LogP contribution >= 0.6 is 0 Å². The number of rotatable bonds is 4. The lowest BCUT2D eigenvalue weighted by atomic mass is 9.98. The molecule has 2 nitrogen and oxygen atoms in total. The van der Waals surface area contributed by atoms with Crippen LogP contribution in [0.4, 0.5) is 0 Å². The van der Waals surface area contributed by atoms with Crippen LogP contribution in [0.3, 0.4) is 0 Å². The monoisotopic (exact) mass is 232 g/mol. The van der Waals surface area contributed by atoms with Gasteiger partial charge in [-0.1, -0.05) is 30.3 Å². The molecule has 2 atom stereocenters. The van der Waals surface area contributed by atoms with E-state index in [-0.39, 0.29) is 0 Å². The summed E-state index contributed by atoms with van der Waals surface area (Å²) in [6.45, 7) is 5.90. The van der Waals surface area contributed by atoms with Crippen molar-refractivity contribution in [2.45, 2.75) is 25.8 Å². The van der Waals surface area contributed by atoms with Crippen LogP contribution in [0.1, 0.15) is 31.4 Å². The Kier molecular flexibility index (Phi) is 4.57. The van der Waals surface area contributed by atoms with E-state index in [2.05, 4.69) is 54.5 Å². The van der Waals surface area contributed by atoms with Crippen LogP contribution in [0.25, 0.3) is 0 Å². The van der Waals surface area contributed by atoms with Gasteiger partial charge in [-0.25, -0.2) is 0 Å². The Hall–Kier alpha value is -0.860. The molecule has 1 aromatic rings. The Balaban J connectivity index is 1.78. The molecule has 0 radical (unpaired) electrons. The Bertz CT molecular complexity index is 323. The second kappa shape index (κ2) is 6.18. The van der Waals surface area contributed by atoms with Crippen LogP contribution in [0.2, 0.25) is 0 Å². The summed E-state index contributed by atoms with van der Waals surface area (Å²) >= 11 is 0. The molecule has 2 heteroatoms. The molecule has 1 aliphatic rings. The predicted molar refractivity (Wildman–Crippen MR) is 73.1 cm³/mol. The van der Waals surface area contributed by atoms with Gasteiger partial charge in [0, 0.05) is 12.6 Å². The van der Waals surface area contributed by atoms with Crippen molar-refractivity contribution in [3.05, 3.63) is 35.9 Å². The molecule has 0 aromatic heterocycles. The molecule has 1 saturated heterocycles. The first kappa shape index (κ1) is 12.6. The van der Waals surface area contributed by atoms with E-state index in [4.69, 9.17) is 0 Å². The molecule has 1 aliphatic heterocycles. The highest BCUT2D eigenvalue weighted by atomic mass is 15.1. The zero-order valence-electron chi connectivity index (χ0n) is 11.0. The summed E-state index contributed by atoms with van der Waals surface area (Å²) in [6.07, 6.45) is 2.72. The highest BCUT2D eigenvalue weighted by Crippen LogP contribution is 2.16. The maximum absolute atomic E-state index is 3.66. The number of nitrogens with zero attached hydrogens (tertiary/aromatic N) is 1. The Morgan fingerprint density at radius 3 is 2.82 bits per heavy atom. The lowest BCUT2D eigenvalue weighted by molar-refractivity contribution is 0.203. The van der Waals surface area contributed by atoms with Gasteiger partial charge in [-0.3, -0.25) is 0 Å². The van der Waals surface area contributed by atoms with Gasteiger partial charge in [0.05, 0.1) is 0 Å². The van der Waals surface area contributed by atoms with Gasteiger partial charge >= 0.3 is 0 Å². The average Bonchev–Trinajstić information content (AvgIpc) is 2.37. The lowest BCUT2D eigenvalue weighted by Crippen LogP contribution is -2.37. The van der Waals surface area contributed by atoms with Crippen LogP contribution in [0.15, 0.2) is 30.3 Å². The zero-order valence-corrected chi connectivity index (χ0v) is 11.0. The van der Waals surface area contributed by atoms with Crippen molar-refractivity contribution >= 4 is 0 Å². The summed E-state index contributed by atoms with van der Waals surface area (Å²) < 4.78 is 0. The summed E-state index contributed by atoms with van der Waals surface area (Å²) in [5.74, 6) is 0.819. The number of nitrogens with one attached hydrogen (secondary N) is 1. The minimum Gasteiger partial charge on any atom is -0.310 e. The summed E-state index contributed by atoms with van der Waals surface area (Å²) in [7, 11) is 2.23. The highest BCUT2D eigenvalue weighted by molar-refractivity contribution is 5.17. The van der Waals surface area contributed by atoms with E-state index in [1.54, 1.807) is 0 Å². The molecule has 0 saturated carbocycles. The third-order valence-electron chi connectivity index (χ3n) is 3.73. The fraction of sp³-hybridized carbons (Fsp3) is 0.600. The van der Waals surface area contributed by atoms with Crippen LogP contribution in [0, 0.1) is 5.92 Å². The molecular formula is C15H24N2. The minimum atomic E-state index is 0.462. The summed E-state index contributed by atoms with van der Waals surface area (Å²) in [4.78, 5) is 2.45. The fourth-order valence-electron chi connectivity index (χ4n) is 2.64. The van der Waals surface area contributed by atoms with Gasteiger partial charge < -0.3 is 10.2 Å². The van der Waals surface area contributed by atoms with E-state index in [1.807, 2.05) is 0 Å². The smallest absolute Gasteiger partial charge is 0.0291 e. The van der Waals surface area contributed by atoms with Gasteiger partial charge in [0.2, 0.25) is 0 Å². The third kappa shape index (κ3) is 3.83. The van der Waals surface area contributed by atoms with Gasteiger partial charge in [0.25, 0.3) is 0 Å². The van der Waals surface area contributed by atoms with E-state index < -0.39 is 0 Å². The molecule has 1 fully saturated rings. The van der Waals surface area contributed by atoms with Gasteiger partial charge in [0.1, 0.15) is 0 Å². The van der Waals surface area contributed by atoms with Crippen molar-refractivity contribution in [3.8, 4) is 0 Å². The summed E-state index contributed by atoms with van der Waals surface area (Å²) in [6, 6.07) is 11.2. The maximum Gasteiger partial charge on any atom is 0.0291 e. The van der Waals surface area contributed by atoms with Crippen LogP contribution in [-0.2, 0) is 0 Å². The lowest BCUT2D eigenvalue weighted by Gasteiger charge is -2.30. The Morgan fingerprint density at radius 1 is 1.35 bits per heavy atom. The Labute approximate surface area is 105 Å². The van der Waals surface area contributed by atoms with Crippen molar-refractivity contribution in [1.82, 2.24) is 10.2 Å². The molecule has 17 heavy (non-hydrogen) atoms. The van der Waals surface area contributed by atoms with E-state index >= 15 is 0 Å². The highest BCUT2D eigenvalue weighted by Gasteiger charge is 2.17. The number of hydrogen-bond donors (Lipinski definition) is 1. The van der Waals surface area contributed by atoms with E-state index in [0.717, 1.165) is 12.5 Å². The van der Waals surface area contributed by atoms with E-state index in [0.29, 0.717) is 6.04 Å². The first-order valence-electron chi connectivity index (χ1n) is 6.72. The van der Waals surface area contributed by atoms with Gasteiger partial charge in [-0.15, -0.1) is 0 Å². The molecule has 2 rings (SSSR count). The first-order chi connectivity index (χ1) is 8.25. The molecule has 1 N–H and O–H groups in total. The van der Waals surface area contributed by atoms with Gasteiger partial charge in [0.15, 0.2) is 0 Å². The van der Waals surface area contributed by atoms with Crippen LogP contribution in [0.5, 0.6) is 0 Å². The zero-order chi connectivity index (χ0) is 12.1. The molecule has 1 unspecified atom stereocenters. The first-order valence-corrected chi connectivity index (χ1v) is 6.72. The van der Waals surface area contributed by atoms with Gasteiger partial charge in [-0.2, -0.15) is 0 Å². The van der Waals surface area contributed by atoms with Crippen LogP contribution in [-0.4, -0.2) is 31.6 Å². The molecule has 0 bridgehead atoms. The van der Waals surface area contributed by atoms with Crippen molar-refractivity contribution in [2.75, 3.05) is 26.7 Å². The second-order valence-corrected chi connectivity index (χ2v) is 5.31. The van der Waals surface area contributed by atoms with Gasteiger partial charge in [-0.05, 0) is 51.4 Å². The summed E-state index contributed by atoms with van der Waals surface area (Å²) in [5.41, 5.74) is 1.39. The summed E-state index contributed by atoms with van der Waals surface area (Å²) in [5, 5.41) is 3.66. The van der Waals surface area contributed by atoms with Crippen molar-refractivity contribution in [3.63, 3.8) is 0 Å². The molecule has 0 amide bonds. The molecule has 0 aliphatic carbocycles. The normalized spacial score (nSPS) is 23.5. The number of hydrogen-bond acceptors (Lipinski definition) is 2. The molecule has 0 spiro atoms. The van der Waals surface area contributed by atoms with Crippen molar-refractivity contribution < 1.29 is 0 Å². The molecule has 94 valence electrons. The largest absolute Gasteiger partial charge is 0.310 e. The van der Waals surface area contributed by atoms with E-state index in [1.165, 1.54) is 31.5 Å². The minimum absolute atomic E-state index is 0.462. The molecule has 1 heterocycles. The second-order valence-electron chi connectivity index (χ2n) is 5.31. The van der Waals surface area contributed by atoms with E-state index in [9.17, 15) is 0 Å². The fourth-order valence-corrected chi connectivity index (χ4v) is 2.64. The van der Waals surface area contributed by atoms with Crippen LogP contribution < -0.4 is 5.32 Å². The number of piperidine rings is 1. The topological polar surface area (TPSA) is 15.3 Å². The maximum atomic E-state index is 3.66. The Morgan fingerprint density at radius 2 is 2.12 bits per heavy atom. The third-order valence-corrected chi connectivity index (χ3v) is 3.73. The predicted octanol–water partition coefficient (Wildman–Crippen LogP) is 2.68. The number of likely N-dealkylation sites (tertiary alicyclic amines) is 1.